The summed E-state index contributed by atoms with van der Waals surface area (Å²) in [6.45, 7) is 0. The van der Waals surface area contributed by atoms with E-state index in [1.165, 1.54) is 7.05 Å². The van der Waals surface area contributed by atoms with Gasteiger partial charge in [0.2, 0.25) is 5.96 Å². The van der Waals surface area contributed by atoms with Crippen molar-refractivity contribution in [2.24, 2.45) is 16.6 Å². The van der Waals surface area contributed by atoms with E-state index >= 15 is 0 Å². The molecule has 0 amide bonds. The smallest absolute Gasteiger partial charge is 0.210 e. The van der Waals surface area contributed by atoms with Gasteiger partial charge in [-0.2, -0.15) is 0 Å². The van der Waals surface area contributed by atoms with E-state index in [9.17, 15) is 0 Å². The van der Waals surface area contributed by atoms with Gasteiger partial charge < -0.3 is 5.73 Å². The van der Waals surface area contributed by atoms with E-state index in [-0.39, 0.29) is 5.96 Å². The minimum absolute atomic E-state index is 0.139. The average molecular weight is 233 g/mol. The number of halogens is 2. The zero-order valence-corrected chi connectivity index (χ0v) is 9.05. The quantitative estimate of drug-likeness (QED) is 0.335. The molecule has 4 N–H and O–H groups in total. The van der Waals surface area contributed by atoms with Crippen molar-refractivity contribution in [3.8, 4) is 0 Å². The largest absolute Gasteiger partial charge is 0.368 e. The molecule has 0 atom stereocenters. The first kappa shape index (κ1) is 11.1. The van der Waals surface area contributed by atoms with Crippen LogP contribution in [0, 0.1) is 0 Å². The second-order valence-electron chi connectivity index (χ2n) is 2.52. The molecule has 0 aliphatic heterocycles. The SMILES string of the molecule is CN=C(N)N(N)c1c(Cl)cccc1Cl. The molecule has 6 heteroatoms. The van der Waals surface area contributed by atoms with Gasteiger partial charge in [0.25, 0.3) is 0 Å². The van der Waals surface area contributed by atoms with Gasteiger partial charge in [-0.05, 0) is 12.1 Å². The van der Waals surface area contributed by atoms with Crippen LogP contribution in [0.2, 0.25) is 10.0 Å². The van der Waals surface area contributed by atoms with Crippen molar-refractivity contribution in [1.82, 2.24) is 0 Å². The molecule has 0 radical (unpaired) electrons. The highest BCUT2D eigenvalue weighted by Crippen LogP contribution is 2.31. The zero-order valence-electron chi connectivity index (χ0n) is 7.54. The third-order valence-corrected chi connectivity index (χ3v) is 2.26. The lowest BCUT2D eigenvalue weighted by molar-refractivity contribution is 1.10. The minimum atomic E-state index is 0.139. The standard InChI is InChI=1S/C8H10Cl2N4/c1-13-8(11)14(12)7-5(9)3-2-4-6(7)10/h2-4H,12H2,1H3,(H2,11,13). The summed E-state index contributed by atoms with van der Waals surface area (Å²) in [7, 11) is 1.53. The van der Waals surface area contributed by atoms with Crippen LogP contribution < -0.4 is 16.6 Å². The molecule has 4 nitrogen and oxygen atoms in total. The van der Waals surface area contributed by atoms with Gasteiger partial charge in [0.1, 0.15) is 0 Å². The number of hydrogen-bond acceptors (Lipinski definition) is 2. The number of nitrogens with zero attached hydrogens (tertiary/aromatic N) is 2. The van der Waals surface area contributed by atoms with Crippen LogP contribution in [0.4, 0.5) is 5.69 Å². The van der Waals surface area contributed by atoms with Gasteiger partial charge in [-0.1, -0.05) is 29.3 Å². The van der Waals surface area contributed by atoms with Crippen LogP contribution in [0.5, 0.6) is 0 Å². The van der Waals surface area contributed by atoms with E-state index in [0.29, 0.717) is 15.7 Å². The van der Waals surface area contributed by atoms with Crippen LogP contribution in [0.15, 0.2) is 23.2 Å². The number of para-hydroxylation sites is 1. The van der Waals surface area contributed by atoms with Gasteiger partial charge in [0, 0.05) is 7.05 Å². The maximum atomic E-state index is 5.91. The summed E-state index contributed by atoms with van der Waals surface area (Å²) in [4.78, 5) is 3.73. The molecular formula is C8H10Cl2N4. The number of hydrogen-bond donors (Lipinski definition) is 2. The van der Waals surface area contributed by atoms with Crippen molar-refractivity contribution in [3.63, 3.8) is 0 Å². The lowest BCUT2D eigenvalue weighted by atomic mass is 10.3. The number of nitrogens with two attached hydrogens (primary N) is 2. The van der Waals surface area contributed by atoms with Gasteiger partial charge in [-0.25, -0.2) is 10.9 Å². The molecular weight excluding hydrogens is 223 g/mol. The van der Waals surface area contributed by atoms with Gasteiger partial charge in [0.15, 0.2) is 0 Å². The Hall–Kier alpha value is -0.970. The first-order valence-corrected chi connectivity index (χ1v) is 4.54. The fourth-order valence-corrected chi connectivity index (χ4v) is 1.52. The Balaban J connectivity index is 3.18. The van der Waals surface area contributed by atoms with E-state index < -0.39 is 0 Å². The summed E-state index contributed by atoms with van der Waals surface area (Å²) in [6, 6.07) is 5.07. The fourth-order valence-electron chi connectivity index (χ4n) is 0.941. The molecule has 0 fully saturated rings. The Kier molecular flexibility index (Phi) is 3.57. The molecule has 76 valence electrons. The van der Waals surface area contributed by atoms with E-state index in [4.69, 9.17) is 34.8 Å². The highest BCUT2D eigenvalue weighted by atomic mass is 35.5. The van der Waals surface area contributed by atoms with Crippen LogP contribution in [0.1, 0.15) is 0 Å². The highest BCUT2D eigenvalue weighted by molar-refractivity contribution is 6.39. The Morgan fingerprint density at radius 2 is 1.86 bits per heavy atom. The van der Waals surface area contributed by atoms with Gasteiger partial charge in [-0.15, -0.1) is 0 Å². The number of rotatable bonds is 1. The van der Waals surface area contributed by atoms with Crippen molar-refractivity contribution in [1.29, 1.82) is 0 Å². The summed E-state index contributed by atoms with van der Waals surface area (Å²) in [5.41, 5.74) is 5.96. The van der Waals surface area contributed by atoms with Gasteiger partial charge in [-0.3, -0.25) is 4.99 Å². The van der Waals surface area contributed by atoms with Crippen molar-refractivity contribution in [2.75, 3.05) is 12.1 Å². The minimum Gasteiger partial charge on any atom is -0.368 e. The molecule has 0 unspecified atom stereocenters. The number of guanidine groups is 1. The summed E-state index contributed by atoms with van der Waals surface area (Å²) < 4.78 is 0. The molecule has 0 bridgehead atoms. The molecule has 0 saturated heterocycles. The Morgan fingerprint density at radius 3 is 2.29 bits per heavy atom. The second-order valence-corrected chi connectivity index (χ2v) is 3.34. The monoisotopic (exact) mass is 232 g/mol. The Bertz CT molecular complexity index is 344. The second kappa shape index (κ2) is 4.50. The van der Waals surface area contributed by atoms with Crippen molar-refractivity contribution in [2.45, 2.75) is 0 Å². The Labute approximate surface area is 92.1 Å². The van der Waals surface area contributed by atoms with Crippen LogP contribution >= 0.6 is 23.2 Å². The number of benzene rings is 1. The highest BCUT2D eigenvalue weighted by Gasteiger charge is 2.13. The van der Waals surface area contributed by atoms with E-state index in [2.05, 4.69) is 4.99 Å². The molecule has 0 heterocycles. The lowest BCUT2D eigenvalue weighted by Crippen LogP contribution is -2.43. The van der Waals surface area contributed by atoms with Crippen molar-refractivity contribution >= 4 is 34.8 Å². The normalized spacial score (nSPS) is 11.6. The molecule has 0 aliphatic carbocycles. The summed E-state index contributed by atoms with van der Waals surface area (Å²) in [5.74, 6) is 5.80. The number of hydrazine groups is 1. The fraction of sp³-hybridized carbons (Fsp3) is 0.125. The third kappa shape index (κ3) is 2.09. The van der Waals surface area contributed by atoms with Gasteiger partial charge in [0.05, 0.1) is 15.7 Å². The average Bonchev–Trinajstić information content (AvgIpc) is 2.16. The number of anilines is 1. The molecule has 14 heavy (non-hydrogen) atoms. The summed E-state index contributed by atoms with van der Waals surface area (Å²) >= 11 is 11.8. The van der Waals surface area contributed by atoms with Crippen LogP contribution in [-0.4, -0.2) is 13.0 Å². The number of aliphatic imine (C=N–C) groups is 1. The predicted octanol–water partition coefficient (Wildman–Crippen LogP) is 1.62. The molecule has 0 aromatic heterocycles. The molecule has 1 aromatic carbocycles. The van der Waals surface area contributed by atoms with E-state index in [1.54, 1.807) is 18.2 Å². The lowest BCUT2D eigenvalue weighted by Gasteiger charge is -2.19. The summed E-state index contributed by atoms with van der Waals surface area (Å²) in [5, 5.41) is 1.99. The maximum Gasteiger partial charge on any atom is 0.210 e. The van der Waals surface area contributed by atoms with Gasteiger partial charge >= 0.3 is 0 Å². The molecule has 0 spiro atoms. The zero-order chi connectivity index (χ0) is 10.7. The summed E-state index contributed by atoms with van der Waals surface area (Å²) in [6.07, 6.45) is 0. The van der Waals surface area contributed by atoms with Crippen molar-refractivity contribution in [3.05, 3.63) is 28.2 Å². The molecule has 1 aromatic rings. The Morgan fingerprint density at radius 1 is 1.36 bits per heavy atom. The van der Waals surface area contributed by atoms with E-state index in [1.807, 2.05) is 0 Å². The maximum absolute atomic E-state index is 5.91. The van der Waals surface area contributed by atoms with E-state index in [0.717, 1.165) is 5.01 Å². The first-order chi connectivity index (χ1) is 6.57. The van der Waals surface area contributed by atoms with Crippen LogP contribution in [-0.2, 0) is 0 Å². The molecule has 0 saturated carbocycles. The first-order valence-electron chi connectivity index (χ1n) is 3.79. The molecule has 0 aliphatic rings. The third-order valence-electron chi connectivity index (χ3n) is 1.65. The topological polar surface area (TPSA) is 67.6 Å². The predicted molar refractivity (Wildman–Crippen MR) is 60.7 cm³/mol. The van der Waals surface area contributed by atoms with Crippen molar-refractivity contribution < 1.29 is 0 Å². The van der Waals surface area contributed by atoms with Crippen LogP contribution in [0.3, 0.4) is 0 Å². The molecule has 1 rings (SSSR count). The van der Waals surface area contributed by atoms with Crippen LogP contribution in [0.25, 0.3) is 0 Å².